The number of hydrogen-bond donors (Lipinski definition) is 0. The highest BCUT2D eigenvalue weighted by Gasteiger charge is 2.14. The summed E-state index contributed by atoms with van der Waals surface area (Å²) in [6, 6.07) is 18.6. The van der Waals surface area contributed by atoms with Crippen molar-refractivity contribution >= 4 is 33.2 Å². The van der Waals surface area contributed by atoms with Gasteiger partial charge in [0.2, 0.25) is 0 Å². The Bertz CT molecular complexity index is 994. The van der Waals surface area contributed by atoms with Crippen LogP contribution in [-0.4, -0.2) is 17.9 Å². The lowest BCUT2D eigenvalue weighted by Gasteiger charge is -2.17. The van der Waals surface area contributed by atoms with Crippen LogP contribution in [0, 0.1) is 11.3 Å². The summed E-state index contributed by atoms with van der Waals surface area (Å²) in [5.74, 6) is 0.531. The number of carbonyl (C=O) groups is 1. The van der Waals surface area contributed by atoms with Crippen LogP contribution in [0.15, 0.2) is 64.5 Å². The molecule has 2 aromatic carbocycles. The van der Waals surface area contributed by atoms with E-state index in [9.17, 15) is 4.79 Å². The molecule has 0 fully saturated rings. The smallest absolute Gasteiger partial charge is 0.254 e. The molecule has 1 amide bonds. The first kappa shape index (κ1) is 19.2. The minimum Gasteiger partial charge on any atom is -0.489 e. The van der Waals surface area contributed by atoms with Crippen molar-refractivity contribution in [3.05, 3.63) is 86.0 Å². The second kappa shape index (κ2) is 8.85. The zero-order chi connectivity index (χ0) is 19.2. The molecule has 0 aliphatic heterocycles. The molecule has 0 spiro atoms. The van der Waals surface area contributed by atoms with Crippen molar-refractivity contribution in [3.8, 4) is 11.8 Å². The highest BCUT2D eigenvalue weighted by atomic mass is 79.9. The Kier molecular flexibility index (Phi) is 6.28. The van der Waals surface area contributed by atoms with Gasteiger partial charge in [-0.1, -0.05) is 24.3 Å². The summed E-state index contributed by atoms with van der Waals surface area (Å²) in [4.78, 5) is 15.5. The second-order valence-electron chi connectivity index (χ2n) is 5.98. The summed E-state index contributed by atoms with van der Waals surface area (Å²) in [5, 5.41) is 11.2. The number of nitriles is 1. The van der Waals surface area contributed by atoms with Gasteiger partial charge in [0.1, 0.15) is 12.4 Å². The minimum atomic E-state index is -0.0672. The quantitative estimate of drug-likeness (QED) is 0.526. The van der Waals surface area contributed by atoms with Gasteiger partial charge >= 0.3 is 0 Å². The normalized spacial score (nSPS) is 10.3. The van der Waals surface area contributed by atoms with E-state index in [2.05, 4.69) is 22.0 Å². The number of thiophene rings is 1. The summed E-state index contributed by atoms with van der Waals surface area (Å²) in [6.45, 7) is 0.830. The first-order chi connectivity index (χ1) is 13.1. The van der Waals surface area contributed by atoms with Gasteiger partial charge < -0.3 is 9.64 Å². The Morgan fingerprint density at radius 1 is 1.22 bits per heavy atom. The van der Waals surface area contributed by atoms with Gasteiger partial charge in [0.15, 0.2) is 0 Å². The van der Waals surface area contributed by atoms with Crippen molar-refractivity contribution in [2.24, 2.45) is 0 Å². The maximum Gasteiger partial charge on any atom is 0.254 e. The first-order valence-electron chi connectivity index (χ1n) is 8.26. The SMILES string of the molecule is CN(Cc1cc(Br)cs1)C(=O)c1cccc(OCc2ccccc2C#N)c1. The van der Waals surface area contributed by atoms with Gasteiger partial charge in [-0.25, -0.2) is 0 Å². The minimum absolute atomic E-state index is 0.0672. The van der Waals surface area contributed by atoms with E-state index in [1.165, 1.54) is 0 Å². The van der Waals surface area contributed by atoms with Crippen LogP contribution in [0.5, 0.6) is 5.75 Å². The first-order valence-corrected chi connectivity index (χ1v) is 9.93. The molecule has 3 rings (SSSR count). The molecule has 3 aromatic rings. The fraction of sp³-hybridized carbons (Fsp3) is 0.143. The summed E-state index contributed by atoms with van der Waals surface area (Å²) < 4.78 is 6.83. The number of hydrogen-bond acceptors (Lipinski definition) is 4. The molecule has 1 heterocycles. The van der Waals surface area contributed by atoms with Crippen molar-refractivity contribution in [2.75, 3.05) is 7.05 Å². The van der Waals surface area contributed by atoms with E-state index in [-0.39, 0.29) is 12.5 Å². The molecular formula is C21H17BrN2O2S. The van der Waals surface area contributed by atoms with Gasteiger partial charge in [-0.3, -0.25) is 4.79 Å². The number of carbonyl (C=O) groups excluding carboxylic acids is 1. The van der Waals surface area contributed by atoms with Crippen LogP contribution in [0.3, 0.4) is 0 Å². The van der Waals surface area contributed by atoms with Crippen LogP contribution < -0.4 is 4.74 Å². The molecule has 27 heavy (non-hydrogen) atoms. The molecule has 0 atom stereocenters. The highest BCUT2D eigenvalue weighted by Crippen LogP contribution is 2.22. The fourth-order valence-electron chi connectivity index (χ4n) is 2.60. The van der Waals surface area contributed by atoms with E-state index < -0.39 is 0 Å². The summed E-state index contributed by atoms with van der Waals surface area (Å²) in [5.41, 5.74) is 1.97. The van der Waals surface area contributed by atoms with E-state index in [1.807, 2.05) is 35.7 Å². The lowest BCUT2D eigenvalue weighted by molar-refractivity contribution is 0.0786. The van der Waals surface area contributed by atoms with E-state index in [0.29, 0.717) is 23.4 Å². The lowest BCUT2D eigenvalue weighted by Crippen LogP contribution is -2.25. The number of halogens is 1. The monoisotopic (exact) mass is 440 g/mol. The van der Waals surface area contributed by atoms with Gasteiger partial charge in [-0.15, -0.1) is 11.3 Å². The van der Waals surface area contributed by atoms with Crippen molar-refractivity contribution in [1.82, 2.24) is 4.90 Å². The summed E-state index contributed by atoms with van der Waals surface area (Å²) in [7, 11) is 1.78. The molecule has 0 unspecified atom stereocenters. The summed E-state index contributed by atoms with van der Waals surface area (Å²) >= 11 is 5.04. The Balaban J connectivity index is 1.67. The molecule has 0 bridgehead atoms. The number of nitrogens with zero attached hydrogens (tertiary/aromatic N) is 2. The molecule has 136 valence electrons. The van der Waals surface area contributed by atoms with E-state index >= 15 is 0 Å². The number of benzene rings is 2. The number of ether oxygens (including phenoxy) is 1. The van der Waals surface area contributed by atoms with Crippen LogP contribution in [0.1, 0.15) is 26.4 Å². The van der Waals surface area contributed by atoms with E-state index in [1.54, 1.807) is 47.5 Å². The Morgan fingerprint density at radius 3 is 2.78 bits per heavy atom. The van der Waals surface area contributed by atoms with Crippen molar-refractivity contribution in [1.29, 1.82) is 5.26 Å². The van der Waals surface area contributed by atoms with Gasteiger partial charge in [-0.05, 0) is 46.3 Å². The Labute approximate surface area is 170 Å². The zero-order valence-corrected chi connectivity index (χ0v) is 17.1. The van der Waals surface area contributed by atoms with E-state index in [4.69, 9.17) is 10.00 Å². The molecule has 0 saturated carbocycles. The van der Waals surface area contributed by atoms with Gasteiger partial charge in [0.05, 0.1) is 18.2 Å². The molecular weight excluding hydrogens is 424 g/mol. The third kappa shape index (κ3) is 4.97. The largest absolute Gasteiger partial charge is 0.489 e. The molecule has 1 aromatic heterocycles. The predicted molar refractivity (Wildman–Crippen MR) is 110 cm³/mol. The van der Waals surface area contributed by atoms with Gasteiger partial charge in [-0.2, -0.15) is 5.26 Å². The molecule has 0 aliphatic carbocycles. The van der Waals surface area contributed by atoms with Crippen LogP contribution in [0.4, 0.5) is 0 Å². The standard InChI is InChI=1S/C21H17BrN2O2S/c1-24(12-20-10-18(22)14-27-20)21(25)15-7-4-8-19(9-15)26-13-17-6-3-2-5-16(17)11-23/h2-10,14H,12-13H2,1H3. The molecule has 6 heteroatoms. The molecule has 4 nitrogen and oxygen atoms in total. The highest BCUT2D eigenvalue weighted by molar-refractivity contribution is 9.10. The maximum absolute atomic E-state index is 12.7. The van der Waals surface area contributed by atoms with Gasteiger partial charge in [0.25, 0.3) is 5.91 Å². The molecule has 0 saturated heterocycles. The van der Waals surface area contributed by atoms with Crippen molar-refractivity contribution < 1.29 is 9.53 Å². The number of rotatable bonds is 6. The Hall–Kier alpha value is -2.62. The maximum atomic E-state index is 12.7. The van der Waals surface area contributed by atoms with E-state index in [0.717, 1.165) is 14.9 Å². The summed E-state index contributed by atoms with van der Waals surface area (Å²) in [6.07, 6.45) is 0. The fourth-order valence-corrected chi connectivity index (χ4v) is 4.10. The van der Waals surface area contributed by atoms with Crippen molar-refractivity contribution in [3.63, 3.8) is 0 Å². The third-order valence-electron chi connectivity index (χ3n) is 3.97. The van der Waals surface area contributed by atoms with Crippen molar-refractivity contribution in [2.45, 2.75) is 13.2 Å². The molecule has 0 N–H and O–H groups in total. The molecule has 0 aliphatic rings. The number of amides is 1. The average molecular weight is 441 g/mol. The predicted octanol–water partition coefficient (Wildman–Crippen LogP) is 5.23. The van der Waals surface area contributed by atoms with Gasteiger partial charge in [0, 0.05) is 32.9 Å². The topological polar surface area (TPSA) is 53.3 Å². The average Bonchev–Trinajstić information content (AvgIpc) is 3.10. The van der Waals surface area contributed by atoms with Crippen LogP contribution >= 0.6 is 27.3 Å². The van der Waals surface area contributed by atoms with Crippen LogP contribution in [-0.2, 0) is 13.2 Å². The Morgan fingerprint density at radius 2 is 2.04 bits per heavy atom. The van der Waals surface area contributed by atoms with Crippen LogP contribution in [0.25, 0.3) is 0 Å². The third-order valence-corrected chi connectivity index (χ3v) is 5.66. The molecule has 0 radical (unpaired) electrons. The zero-order valence-electron chi connectivity index (χ0n) is 14.7. The van der Waals surface area contributed by atoms with Crippen LogP contribution in [0.2, 0.25) is 0 Å². The lowest BCUT2D eigenvalue weighted by atomic mass is 10.1. The second-order valence-corrected chi connectivity index (χ2v) is 7.89.